The molecule has 3 aromatic heterocycles. The number of hydrogen-bond acceptors (Lipinski definition) is 6. The number of nitrogen functional groups attached to an aromatic ring is 1. The SMILES string of the molecule is Nc1ncccc1-c1nc2ccc(-c3cccc(C(=O)O)c3)nc2n1-c1ccc(C2(N)CCC2)cc1. The van der Waals surface area contributed by atoms with Crippen LogP contribution in [0.3, 0.4) is 0 Å². The summed E-state index contributed by atoms with van der Waals surface area (Å²) in [5.74, 6) is 0.00960. The second kappa shape index (κ2) is 8.28. The molecular formula is C28H24N6O2. The summed E-state index contributed by atoms with van der Waals surface area (Å²) in [5, 5.41) is 9.42. The first-order valence-corrected chi connectivity index (χ1v) is 11.8. The van der Waals surface area contributed by atoms with Crippen molar-refractivity contribution in [1.82, 2.24) is 19.5 Å². The Morgan fingerprint density at radius 3 is 2.47 bits per heavy atom. The quantitative estimate of drug-likeness (QED) is 0.333. The number of nitrogens with two attached hydrogens (primary N) is 2. The number of imidazole rings is 1. The second-order valence-corrected chi connectivity index (χ2v) is 9.19. The zero-order valence-corrected chi connectivity index (χ0v) is 19.4. The van der Waals surface area contributed by atoms with Gasteiger partial charge in [0.25, 0.3) is 0 Å². The fraction of sp³-hybridized carbons (Fsp3) is 0.143. The van der Waals surface area contributed by atoms with E-state index in [0.717, 1.165) is 30.5 Å². The molecule has 5 N–H and O–H groups in total. The van der Waals surface area contributed by atoms with Crippen LogP contribution in [0.25, 0.3) is 39.5 Å². The molecule has 1 aliphatic rings. The van der Waals surface area contributed by atoms with Gasteiger partial charge in [-0.3, -0.25) is 4.57 Å². The maximum Gasteiger partial charge on any atom is 0.335 e. The van der Waals surface area contributed by atoms with Gasteiger partial charge >= 0.3 is 5.97 Å². The van der Waals surface area contributed by atoms with Crippen molar-refractivity contribution in [1.29, 1.82) is 0 Å². The van der Waals surface area contributed by atoms with Crippen LogP contribution < -0.4 is 11.5 Å². The molecule has 2 aromatic carbocycles. The average molecular weight is 477 g/mol. The number of rotatable bonds is 5. The molecule has 3 heterocycles. The summed E-state index contributed by atoms with van der Waals surface area (Å²) in [6.07, 6.45) is 4.76. The van der Waals surface area contributed by atoms with Gasteiger partial charge in [-0.2, -0.15) is 0 Å². The first-order chi connectivity index (χ1) is 17.4. The van der Waals surface area contributed by atoms with E-state index in [9.17, 15) is 9.90 Å². The molecule has 0 aliphatic heterocycles. The number of carbonyl (C=O) groups is 1. The molecule has 0 bridgehead atoms. The summed E-state index contributed by atoms with van der Waals surface area (Å²) in [4.78, 5) is 25.5. The summed E-state index contributed by atoms with van der Waals surface area (Å²) < 4.78 is 1.96. The van der Waals surface area contributed by atoms with Gasteiger partial charge in [0.1, 0.15) is 11.3 Å². The smallest absolute Gasteiger partial charge is 0.335 e. The molecule has 1 saturated carbocycles. The first kappa shape index (κ1) is 21.9. The van der Waals surface area contributed by atoms with Crippen molar-refractivity contribution in [3.8, 4) is 28.3 Å². The number of aromatic carboxylic acids is 1. The molecular weight excluding hydrogens is 452 g/mol. The Morgan fingerprint density at radius 1 is 0.972 bits per heavy atom. The number of carboxylic acids is 1. The van der Waals surface area contributed by atoms with Crippen LogP contribution in [0.2, 0.25) is 0 Å². The van der Waals surface area contributed by atoms with Crippen LogP contribution in [0.15, 0.2) is 79.0 Å². The van der Waals surface area contributed by atoms with Crippen LogP contribution >= 0.6 is 0 Å². The number of aromatic nitrogens is 4. The largest absolute Gasteiger partial charge is 0.478 e. The van der Waals surface area contributed by atoms with Gasteiger partial charge in [-0.1, -0.05) is 24.3 Å². The molecule has 0 saturated heterocycles. The summed E-state index contributed by atoms with van der Waals surface area (Å²) in [6.45, 7) is 0. The molecule has 1 fully saturated rings. The number of pyridine rings is 2. The van der Waals surface area contributed by atoms with Crippen LogP contribution in [0.5, 0.6) is 0 Å². The van der Waals surface area contributed by atoms with Crippen LogP contribution in [-0.2, 0) is 5.54 Å². The van der Waals surface area contributed by atoms with Crippen LogP contribution in [0.4, 0.5) is 5.82 Å². The highest BCUT2D eigenvalue weighted by Gasteiger charge is 2.34. The van der Waals surface area contributed by atoms with Gasteiger partial charge in [0.05, 0.1) is 16.8 Å². The van der Waals surface area contributed by atoms with E-state index < -0.39 is 5.97 Å². The molecule has 0 atom stereocenters. The summed E-state index contributed by atoms with van der Waals surface area (Å²) in [6, 6.07) is 22.4. The number of fused-ring (bicyclic) bond motifs is 1. The van der Waals surface area contributed by atoms with E-state index in [0.29, 0.717) is 39.6 Å². The average Bonchev–Trinajstić information content (AvgIpc) is 3.26. The molecule has 36 heavy (non-hydrogen) atoms. The summed E-state index contributed by atoms with van der Waals surface area (Å²) in [7, 11) is 0. The topological polar surface area (TPSA) is 133 Å². The van der Waals surface area contributed by atoms with Crippen LogP contribution in [0.1, 0.15) is 35.2 Å². The molecule has 0 radical (unpaired) electrons. The lowest BCUT2D eigenvalue weighted by molar-refractivity contribution is 0.0697. The molecule has 8 nitrogen and oxygen atoms in total. The Labute approximate surface area is 207 Å². The molecule has 6 rings (SSSR count). The van der Waals surface area contributed by atoms with Crippen LogP contribution in [0, 0.1) is 0 Å². The second-order valence-electron chi connectivity index (χ2n) is 9.19. The van der Waals surface area contributed by atoms with Crippen molar-refractivity contribution < 1.29 is 9.90 Å². The number of carboxylic acid groups (broad SMARTS) is 1. The molecule has 0 spiro atoms. The predicted molar refractivity (Wildman–Crippen MR) is 139 cm³/mol. The highest BCUT2D eigenvalue weighted by atomic mass is 16.4. The molecule has 1 aliphatic carbocycles. The standard InChI is InChI=1S/C28H24N6O2/c29-24-21(6-2-15-31-24)25-33-23-12-11-22(17-4-1-5-18(16-17)27(35)36)32-26(23)34(25)20-9-7-19(8-10-20)28(30)13-3-14-28/h1-2,4-12,15-16H,3,13-14,30H2,(H2,29,31)(H,35,36). The third-order valence-corrected chi connectivity index (χ3v) is 6.94. The number of benzene rings is 2. The maximum atomic E-state index is 11.5. The van der Waals surface area contributed by atoms with Crippen LogP contribution in [-0.4, -0.2) is 30.6 Å². The lowest BCUT2D eigenvalue weighted by Crippen LogP contribution is -2.43. The van der Waals surface area contributed by atoms with Crippen molar-refractivity contribution in [2.45, 2.75) is 24.8 Å². The molecule has 0 unspecified atom stereocenters. The van der Waals surface area contributed by atoms with Gasteiger partial charge < -0.3 is 16.6 Å². The minimum Gasteiger partial charge on any atom is -0.478 e. The normalized spacial score (nSPS) is 14.5. The molecule has 8 heteroatoms. The molecule has 178 valence electrons. The fourth-order valence-corrected chi connectivity index (χ4v) is 4.75. The van der Waals surface area contributed by atoms with E-state index in [2.05, 4.69) is 17.1 Å². The Morgan fingerprint density at radius 2 is 1.78 bits per heavy atom. The number of anilines is 1. The maximum absolute atomic E-state index is 11.5. The molecule has 5 aromatic rings. The van der Waals surface area contributed by atoms with E-state index in [1.807, 2.05) is 47.0 Å². The van der Waals surface area contributed by atoms with Crippen molar-refractivity contribution in [2.24, 2.45) is 5.73 Å². The predicted octanol–water partition coefficient (Wildman–Crippen LogP) is 4.77. The minimum atomic E-state index is -0.985. The first-order valence-electron chi connectivity index (χ1n) is 11.8. The third kappa shape index (κ3) is 3.59. The van der Waals surface area contributed by atoms with Crippen molar-refractivity contribution in [3.05, 3.63) is 90.1 Å². The zero-order chi connectivity index (χ0) is 24.9. The fourth-order valence-electron chi connectivity index (χ4n) is 4.75. The Bertz CT molecular complexity index is 1620. The lowest BCUT2D eigenvalue weighted by atomic mass is 9.73. The van der Waals surface area contributed by atoms with Crippen molar-refractivity contribution in [3.63, 3.8) is 0 Å². The van der Waals surface area contributed by atoms with Gasteiger partial charge in [0.15, 0.2) is 11.5 Å². The van der Waals surface area contributed by atoms with E-state index in [1.165, 1.54) is 0 Å². The van der Waals surface area contributed by atoms with E-state index in [1.54, 1.807) is 24.4 Å². The third-order valence-electron chi connectivity index (χ3n) is 6.94. The minimum absolute atomic E-state index is 0.203. The highest BCUT2D eigenvalue weighted by Crippen LogP contribution is 2.39. The lowest BCUT2D eigenvalue weighted by Gasteiger charge is -2.38. The Balaban J connectivity index is 1.55. The highest BCUT2D eigenvalue weighted by molar-refractivity contribution is 5.90. The Kier molecular flexibility index (Phi) is 5.05. The van der Waals surface area contributed by atoms with E-state index in [4.69, 9.17) is 21.4 Å². The number of nitrogens with zero attached hydrogens (tertiary/aromatic N) is 4. The van der Waals surface area contributed by atoms with Gasteiger partial charge in [-0.15, -0.1) is 0 Å². The van der Waals surface area contributed by atoms with E-state index in [-0.39, 0.29) is 11.1 Å². The van der Waals surface area contributed by atoms with Gasteiger partial charge in [-0.25, -0.2) is 19.7 Å². The van der Waals surface area contributed by atoms with Gasteiger partial charge in [0.2, 0.25) is 0 Å². The number of hydrogen-bond donors (Lipinski definition) is 3. The van der Waals surface area contributed by atoms with Crippen molar-refractivity contribution >= 4 is 23.0 Å². The molecule has 0 amide bonds. The van der Waals surface area contributed by atoms with Gasteiger partial charge in [-0.05, 0) is 73.4 Å². The van der Waals surface area contributed by atoms with Crippen molar-refractivity contribution in [2.75, 3.05) is 5.73 Å². The van der Waals surface area contributed by atoms with Gasteiger partial charge in [0, 0.05) is 23.0 Å². The summed E-state index contributed by atoms with van der Waals surface area (Å²) >= 11 is 0. The monoisotopic (exact) mass is 476 g/mol. The zero-order valence-electron chi connectivity index (χ0n) is 19.4. The summed E-state index contributed by atoms with van der Waals surface area (Å²) in [5.41, 5.74) is 18.1. The Hall–Kier alpha value is -4.56. The van der Waals surface area contributed by atoms with E-state index >= 15 is 0 Å².